The van der Waals surface area contributed by atoms with Gasteiger partial charge in [-0.05, 0) is 39.1 Å². The zero-order valence-electron chi connectivity index (χ0n) is 15.7. The van der Waals surface area contributed by atoms with E-state index in [-0.39, 0.29) is 11.6 Å². The minimum atomic E-state index is -0.385. The Hall–Kier alpha value is -2.03. The molecule has 2 aromatic heterocycles. The van der Waals surface area contributed by atoms with Crippen molar-refractivity contribution < 1.29 is 14.3 Å². The molecule has 0 atom stereocenters. The van der Waals surface area contributed by atoms with E-state index >= 15 is 0 Å². The van der Waals surface area contributed by atoms with Gasteiger partial charge >= 0.3 is 5.97 Å². The van der Waals surface area contributed by atoms with E-state index in [2.05, 4.69) is 31.1 Å². The highest BCUT2D eigenvalue weighted by Crippen LogP contribution is 2.38. The smallest absolute Gasteiger partial charge is 0.350 e. The van der Waals surface area contributed by atoms with E-state index in [1.54, 1.807) is 13.0 Å². The Morgan fingerprint density at radius 1 is 1.56 bits per heavy atom. The number of carbonyl (C=O) groups excluding carboxylic acids is 1. The third-order valence-electron chi connectivity index (χ3n) is 4.17. The van der Waals surface area contributed by atoms with Gasteiger partial charge in [0, 0.05) is 23.9 Å². The molecule has 8 heteroatoms. The lowest BCUT2D eigenvalue weighted by molar-refractivity contribution is -0.0411. The van der Waals surface area contributed by atoms with Crippen molar-refractivity contribution >= 4 is 50.5 Å². The van der Waals surface area contributed by atoms with Crippen molar-refractivity contribution in [2.24, 2.45) is 0 Å². The van der Waals surface area contributed by atoms with Crippen LogP contribution in [-0.4, -0.2) is 34.8 Å². The van der Waals surface area contributed by atoms with Crippen LogP contribution < -0.4 is 10.6 Å². The first kappa shape index (κ1) is 19.7. The Bertz CT molecular complexity index is 905. The van der Waals surface area contributed by atoms with Crippen molar-refractivity contribution in [3.05, 3.63) is 34.9 Å². The number of nitrogens with one attached hydrogen (secondary N) is 2. The highest BCUT2D eigenvalue weighted by Gasteiger charge is 2.29. The van der Waals surface area contributed by atoms with Crippen molar-refractivity contribution in [2.75, 3.05) is 18.5 Å². The number of fused-ring (bicyclic) bond motifs is 2. The molecule has 0 saturated heterocycles. The molecular formula is C19H23N3O3S2. The molecule has 0 saturated carbocycles. The minimum absolute atomic E-state index is 0.244. The summed E-state index contributed by atoms with van der Waals surface area (Å²) in [5, 5.41) is 7.40. The Balaban J connectivity index is 2.06. The van der Waals surface area contributed by atoms with Crippen LogP contribution in [-0.2, 0) is 22.5 Å². The van der Waals surface area contributed by atoms with Crippen LogP contribution in [0, 0.1) is 0 Å². The maximum atomic E-state index is 12.5. The van der Waals surface area contributed by atoms with Gasteiger partial charge in [-0.25, -0.2) is 9.78 Å². The molecule has 0 aliphatic carbocycles. The number of hydrogen-bond donors (Lipinski definition) is 2. The van der Waals surface area contributed by atoms with Gasteiger partial charge in [0.05, 0.1) is 30.2 Å². The van der Waals surface area contributed by atoms with E-state index in [1.807, 2.05) is 6.07 Å². The predicted octanol–water partition coefficient (Wildman–Crippen LogP) is 3.80. The number of esters is 1. The van der Waals surface area contributed by atoms with Crippen molar-refractivity contribution in [2.45, 2.75) is 39.4 Å². The van der Waals surface area contributed by atoms with Gasteiger partial charge in [-0.1, -0.05) is 6.08 Å². The first-order valence-corrected chi connectivity index (χ1v) is 9.99. The molecule has 1 aliphatic heterocycles. The summed E-state index contributed by atoms with van der Waals surface area (Å²) in [7, 11) is 0. The van der Waals surface area contributed by atoms with E-state index in [1.165, 1.54) is 11.3 Å². The Morgan fingerprint density at radius 3 is 3.04 bits per heavy atom. The zero-order valence-corrected chi connectivity index (χ0v) is 17.3. The van der Waals surface area contributed by atoms with Crippen molar-refractivity contribution in [3.63, 3.8) is 0 Å². The minimum Gasteiger partial charge on any atom is -0.462 e. The quantitative estimate of drug-likeness (QED) is 0.445. The van der Waals surface area contributed by atoms with E-state index in [4.69, 9.17) is 26.7 Å². The van der Waals surface area contributed by atoms with Crippen LogP contribution in [0.3, 0.4) is 0 Å². The largest absolute Gasteiger partial charge is 0.462 e. The topological polar surface area (TPSA) is 72.5 Å². The summed E-state index contributed by atoms with van der Waals surface area (Å²) in [5.41, 5.74) is 2.42. The highest BCUT2D eigenvalue weighted by molar-refractivity contribution is 7.80. The molecule has 0 bridgehead atoms. The summed E-state index contributed by atoms with van der Waals surface area (Å²) >= 11 is 6.64. The van der Waals surface area contributed by atoms with Crippen molar-refractivity contribution in [1.82, 2.24) is 10.3 Å². The summed E-state index contributed by atoms with van der Waals surface area (Å²) in [6.07, 6.45) is 2.44. The third-order valence-corrected chi connectivity index (χ3v) is 5.50. The SMILES string of the molecule is C=CCNC(=S)Nc1c(C(=O)OCC)sc2nc3c(cc12)COC(C)(C)C3. The molecule has 0 spiro atoms. The van der Waals surface area contributed by atoms with Crippen LogP contribution in [0.15, 0.2) is 18.7 Å². The lowest BCUT2D eigenvalue weighted by atomic mass is 9.95. The Morgan fingerprint density at radius 2 is 2.33 bits per heavy atom. The van der Waals surface area contributed by atoms with Gasteiger partial charge in [0.1, 0.15) is 9.71 Å². The van der Waals surface area contributed by atoms with Crippen molar-refractivity contribution in [3.8, 4) is 0 Å². The molecule has 1 aliphatic rings. The van der Waals surface area contributed by atoms with Crippen molar-refractivity contribution in [1.29, 1.82) is 0 Å². The lowest BCUT2D eigenvalue weighted by Gasteiger charge is -2.31. The molecule has 0 fully saturated rings. The summed E-state index contributed by atoms with van der Waals surface area (Å²) in [6, 6.07) is 2.03. The van der Waals surface area contributed by atoms with E-state index < -0.39 is 0 Å². The lowest BCUT2D eigenvalue weighted by Crippen LogP contribution is -2.32. The molecule has 3 rings (SSSR count). The summed E-state index contributed by atoms with van der Waals surface area (Å²) in [4.78, 5) is 18.5. The monoisotopic (exact) mass is 405 g/mol. The van der Waals surface area contributed by atoms with Crippen LogP contribution in [0.1, 0.15) is 41.7 Å². The number of thiocarbonyl (C=S) groups is 1. The highest BCUT2D eigenvalue weighted by atomic mass is 32.1. The van der Waals surface area contributed by atoms with Gasteiger partial charge in [-0.2, -0.15) is 0 Å². The number of nitrogens with zero attached hydrogens (tertiary/aromatic N) is 1. The molecule has 2 aromatic rings. The standard InChI is InChI=1S/C19H23N3O3S2/c1-5-7-20-18(26)22-14-12-8-11-10-25-19(3,4)9-13(11)21-16(12)27-15(14)17(23)24-6-2/h5,8H,1,6-7,9-10H2,2-4H3,(H2,20,22,26). The van der Waals surface area contributed by atoms with E-state index in [9.17, 15) is 4.79 Å². The molecule has 0 aromatic carbocycles. The summed E-state index contributed by atoms with van der Waals surface area (Å²) < 4.78 is 11.1. The fourth-order valence-electron chi connectivity index (χ4n) is 2.89. The molecule has 6 nitrogen and oxygen atoms in total. The first-order valence-electron chi connectivity index (χ1n) is 8.76. The summed E-state index contributed by atoms with van der Waals surface area (Å²) in [6.45, 7) is 10.9. The fraction of sp³-hybridized carbons (Fsp3) is 0.421. The average Bonchev–Trinajstić information content (AvgIpc) is 2.95. The molecule has 3 heterocycles. The van der Waals surface area contributed by atoms with Gasteiger partial charge in [-0.3, -0.25) is 0 Å². The number of carbonyl (C=O) groups is 1. The van der Waals surface area contributed by atoms with Gasteiger partial charge in [0.15, 0.2) is 5.11 Å². The van der Waals surface area contributed by atoms with Gasteiger partial charge in [0.25, 0.3) is 0 Å². The van der Waals surface area contributed by atoms with Gasteiger partial charge < -0.3 is 20.1 Å². The predicted molar refractivity (Wildman–Crippen MR) is 113 cm³/mol. The first-order chi connectivity index (χ1) is 12.8. The molecular weight excluding hydrogens is 382 g/mol. The Kier molecular flexibility index (Phi) is 5.78. The maximum absolute atomic E-state index is 12.5. The zero-order chi connectivity index (χ0) is 19.6. The van der Waals surface area contributed by atoms with E-state index in [0.29, 0.717) is 35.4 Å². The van der Waals surface area contributed by atoms with Crippen LogP contribution in [0.2, 0.25) is 0 Å². The molecule has 2 N–H and O–H groups in total. The van der Waals surface area contributed by atoms with Crippen LogP contribution in [0.5, 0.6) is 0 Å². The number of hydrogen-bond acceptors (Lipinski definition) is 6. The number of ether oxygens (including phenoxy) is 2. The Labute approximate surface area is 168 Å². The molecule has 144 valence electrons. The molecule has 0 unspecified atom stereocenters. The maximum Gasteiger partial charge on any atom is 0.350 e. The number of aromatic nitrogens is 1. The van der Waals surface area contributed by atoms with E-state index in [0.717, 1.165) is 27.9 Å². The molecule has 0 amide bonds. The second-order valence-electron chi connectivity index (χ2n) is 6.82. The summed E-state index contributed by atoms with van der Waals surface area (Å²) in [5.74, 6) is -0.385. The second kappa shape index (κ2) is 7.92. The number of rotatable bonds is 5. The normalized spacial score (nSPS) is 15.1. The number of pyridine rings is 1. The van der Waals surface area contributed by atoms with Crippen LogP contribution in [0.25, 0.3) is 10.2 Å². The number of thiophene rings is 1. The second-order valence-corrected chi connectivity index (χ2v) is 8.23. The molecule has 27 heavy (non-hydrogen) atoms. The van der Waals surface area contributed by atoms with Crippen LogP contribution in [0.4, 0.5) is 5.69 Å². The third kappa shape index (κ3) is 4.28. The fourth-order valence-corrected chi connectivity index (χ4v) is 4.10. The van der Waals surface area contributed by atoms with Crippen LogP contribution >= 0.6 is 23.6 Å². The molecule has 0 radical (unpaired) electrons. The van der Waals surface area contributed by atoms with Gasteiger partial charge in [0.2, 0.25) is 0 Å². The van der Waals surface area contributed by atoms with Gasteiger partial charge in [-0.15, -0.1) is 17.9 Å². The average molecular weight is 406 g/mol. The number of anilines is 1.